The van der Waals surface area contributed by atoms with Gasteiger partial charge < -0.3 is 15.2 Å². The van der Waals surface area contributed by atoms with Gasteiger partial charge in [-0.3, -0.25) is 9.59 Å². The van der Waals surface area contributed by atoms with E-state index in [9.17, 15) is 9.59 Å². The quantitative estimate of drug-likeness (QED) is 0.666. The van der Waals surface area contributed by atoms with Crippen LogP contribution in [0.25, 0.3) is 0 Å². The predicted octanol–water partition coefficient (Wildman–Crippen LogP) is 1.81. The maximum atomic E-state index is 12.0. The van der Waals surface area contributed by atoms with Gasteiger partial charge in [0.1, 0.15) is 0 Å². The first-order valence-electron chi connectivity index (χ1n) is 7.76. The van der Waals surface area contributed by atoms with Gasteiger partial charge in [0.2, 0.25) is 5.91 Å². The zero-order valence-electron chi connectivity index (χ0n) is 12.0. The van der Waals surface area contributed by atoms with Gasteiger partial charge in [-0.05, 0) is 38.0 Å². The number of carboxylic acids is 1. The van der Waals surface area contributed by atoms with E-state index in [0.717, 1.165) is 31.8 Å². The third-order valence-electron chi connectivity index (χ3n) is 4.24. The summed E-state index contributed by atoms with van der Waals surface area (Å²) in [5.74, 6) is -1.02. The van der Waals surface area contributed by atoms with Crippen LogP contribution in [0.2, 0.25) is 0 Å². The highest BCUT2D eigenvalue weighted by Gasteiger charge is 2.35. The SMILES string of the molecule is O=C(O)C1CCCCC1C(=O)NCCCOCC1CC1. The molecule has 0 aromatic rings. The fraction of sp³-hybridized carbons (Fsp3) is 0.867. The second-order valence-electron chi connectivity index (χ2n) is 6.00. The fourth-order valence-corrected chi connectivity index (χ4v) is 2.79. The summed E-state index contributed by atoms with van der Waals surface area (Å²) >= 11 is 0. The lowest BCUT2D eigenvalue weighted by molar-refractivity contribution is -0.148. The van der Waals surface area contributed by atoms with Crippen LogP contribution in [0.1, 0.15) is 44.9 Å². The number of hydrogen-bond donors (Lipinski definition) is 2. The molecular formula is C15H25NO4. The predicted molar refractivity (Wildman–Crippen MR) is 74.3 cm³/mol. The minimum absolute atomic E-state index is 0.0979. The lowest BCUT2D eigenvalue weighted by Crippen LogP contribution is -2.40. The average Bonchev–Trinajstić information content (AvgIpc) is 3.26. The summed E-state index contributed by atoms with van der Waals surface area (Å²) in [6.07, 6.45) is 6.55. The van der Waals surface area contributed by atoms with E-state index in [4.69, 9.17) is 9.84 Å². The van der Waals surface area contributed by atoms with Gasteiger partial charge in [-0.2, -0.15) is 0 Å². The largest absolute Gasteiger partial charge is 0.481 e. The van der Waals surface area contributed by atoms with Crippen LogP contribution >= 0.6 is 0 Å². The Labute approximate surface area is 120 Å². The standard InChI is InChI=1S/C15H25NO4/c17-14(12-4-1-2-5-13(12)15(18)19)16-8-3-9-20-10-11-6-7-11/h11-13H,1-10H2,(H,16,17)(H,18,19). The molecule has 0 aromatic carbocycles. The Hall–Kier alpha value is -1.10. The number of carboxylic acid groups (broad SMARTS) is 1. The summed E-state index contributed by atoms with van der Waals surface area (Å²) in [7, 11) is 0. The molecule has 0 bridgehead atoms. The van der Waals surface area contributed by atoms with Crippen LogP contribution in [0.4, 0.5) is 0 Å². The number of hydrogen-bond acceptors (Lipinski definition) is 3. The van der Waals surface area contributed by atoms with Crippen molar-refractivity contribution in [3.63, 3.8) is 0 Å². The fourth-order valence-electron chi connectivity index (χ4n) is 2.79. The van der Waals surface area contributed by atoms with Crippen molar-refractivity contribution < 1.29 is 19.4 Å². The van der Waals surface area contributed by atoms with Gasteiger partial charge in [0.15, 0.2) is 0 Å². The Morgan fingerprint density at radius 3 is 2.45 bits per heavy atom. The number of aliphatic carboxylic acids is 1. The molecule has 114 valence electrons. The molecule has 0 heterocycles. The van der Waals surface area contributed by atoms with Crippen molar-refractivity contribution in [1.29, 1.82) is 0 Å². The summed E-state index contributed by atoms with van der Waals surface area (Å²) in [6.45, 7) is 2.09. The van der Waals surface area contributed by atoms with Crippen molar-refractivity contribution in [2.75, 3.05) is 19.8 Å². The van der Waals surface area contributed by atoms with Crippen molar-refractivity contribution in [2.24, 2.45) is 17.8 Å². The Kier molecular flexibility index (Phi) is 5.83. The molecule has 5 heteroatoms. The van der Waals surface area contributed by atoms with E-state index in [1.54, 1.807) is 0 Å². The number of ether oxygens (including phenoxy) is 1. The highest BCUT2D eigenvalue weighted by molar-refractivity contribution is 5.84. The van der Waals surface area contributed by atoms with Gasteiger partial charge in [-0.15, -0.1) is 0 Å². The second-order valence-corrected chi connectivity index (χ2v) is 6.00. The average molecular weight is 283 g/mol. The molecule has 2 fully saturated rings. The first kappa shape index (κ1) is 15.3. The summed E-state index contributed by atoms with van der Waals surface area (Å²) < 4.78 is 5.50. The van der Waals surface area contributed by atoms with Gasteiger partial charge in [0, 0.05) is 19.8 Å². The van der Waals surface area contributed by atoms with E-state index < -0.39 is 11.9 Å². The van der Waals surface area contributed by atoms with Crippen LogP contribution in [-0.2, 0) is 14.3 Å². The first-order valence-corrected chi connectivity index (χ1v) is 7.76. The highest BCUT2D eigenvalue weighted by Crippen LogP contribution is 2.30. The third kappa shape index (κ3) is 4.78. The van der Waals surface area contributed by atoms with E-state index in [1.165, 1.54) is 12.8 Å². The van der Waals surface area contributed by atoms with Crippen molar-refractivity contribution in [3.8, 4) is 0 Å². The molecule has 0 aliphatic heterocycles. The van der Waals surface area contributed by atoms with Crippen LogP contribution in [-0.4, -0.2) is 36.7 Å². The first-order chi connectivity index (χ1) is 9.68. The normalized spacial score (nSPS) is 26.2. The molecule has 0 saturated heterocycles. The van der Waals surface area contributed by atoms with Gasteiger partial charge in [-0.1, -0.05) is 12.8 Å². The maximum Gasteiger partial charge on any atom is 0.307 e. The van der Waals surface area contributed by atoms with Gasteiger partial charge in [0.05, 0.1) is 11.8 Å². The molecule has 2 saturated carbocycles. The van der Waals surface area contributed by atoms with Crippen LogP contribution in [0.3, 0.4) is 0 Å². The van der Waals surface area contributed by atoms with Crippen LogP contribution in [0.15, 0.2) is 0 Å². The van der Waals surface area contributed by atoms with Crippen molar-refractivity contribution in [1.82, 2.24) is 5.32 Å². The molecule has 0 aromatic heterocycles. The molecule has 2 N–H and O–H groups in total. The summed E-state index contributed by atoms with van der Waals surface area (Å²) in [4.78, 5) is 23.2. The van der Waals surface area contributed by atoms with E-state index in [-0.39, 0.29) is 11.8 Å². The molecule has 0 radical (unpaired) electrons. The van der Waals surface area contributed by atoms with Crippen LogP contribution in [0, 0.1) is 17.8 Å². The minimum Gasteiger partial charge on any atom is -0.481 e. The smallest absolute Gasteiger partial charge is 0.307 e. The highest BCUT2D eigenvalue weighted by atomic mass is 16.5. The van der Waals surface area contributed by atoms with Crippen LogP contribution in [0.5, 0.6) is 0 Å². The summed E-state index contributed by atoms with van der Waals surface area (Å²) in [6, 6.07) is 0. The molecule has 20 heavy (non-hydrogen) atoms. The Morgan fingerprint density at radius 2 is 1.80 bits per heavy atom. The molecule has 1 amide bonds. The Balaban J connectivity index is 1.60. The summed E-state index contributed by atoms with van der Waals surface area (Å²) in [5, 5.41) is 12.0. The lowest BCUT2D eigenvalue weighted by Gasteiger charge is -2.27. The van der Waals surface area contributed by atoms with Gasteiger partial charge in [0.25, 0.3) is 0 Å². The zero-order valence-corrected chi connectivity index (χ0v) is 12.0. The summed E-state index contributed by atoms with van der Waals surface area (Å²) in [5.41, 5.74) is 0. The number of carbonyl (C=O) groups excluding carboxylic acids is 1. The van der Waals surface area contributed by atoms with Gasteiger partial charge in [-0.25, -0.2) is 0 Å². The second kappa shape index (κ2) is 7.62. The lowest BCUT2D eigenvalue weighted by atomic mass is 9.79. The van der Waals surface area contributed by atoms with E-state index in [1.807, 2.05) is 0 Å². The molecule has 0 spiro atoms. The van der Waals surface area contributed by atoms with Gasteiger partial charge >= 0.3 is 5.97 Å². The molecule has 2 rings (SSSR count). The Bertz CT molecular complexity index is 341. The molecular weight excluding hydrogens is 258 g/mol. The molecule has 2 unspecified atom stereocenters. The van der Waals surface area contributed by atoms with E-state index in [2.05, 4.69) is 5.32 Å². The number of rotatable bonds is 8. The van der Waals surface area contributed by atoms with Crippen molar-refractivity contribution >= 4 is 11.9 Å². The molecule has 2 aliphatic carbocycles. The molecule has 2 aliphatic rings. The number of amides is 1. The van der Waals surface area contributed by atoms with Crippen molar-refractivity contribution in [3.05, 3.63) is 0 Å². The number of nitrogens with one attached hydrogen (secondary N) is 1. The number of carbonyl (C=O) groups is 2. The van der Waals surface area contributed by atoms with E-state index in [0.29, 0.717) is 26.0 Å². The van der Waals surface area contributed by atoms with E-state index >= 15 is 0 Å². The zero-order chi connectivity index (χ0) is 14.4. The van der Waals surface area contributed by atoms with Crippen molar-refractivity contribution in [2.45, 2.75) is 44.9 Å². The maximum absolute atomic E-state index is 12.0. The minimum atomic E-state index is -0.836. The monoisotopic (exact) mass is 283 g/mol. The van der Waals surface area contributed by atoms with Crippen LogP contribution < -0.4 is 5.32 Å². The molecule has 5 nitrogen and oxygen atoms in total. The molecule has 2 atom stereocenters. The Morgan fingerprint density at radius 1 is 1.10 bits per heavy atom. The third-order valence-corrected chi connectivity index (χ3v) is 4.24. The topological polar surface area (TPSA) is 75.6 Å².